The number of nitrogen functional groups attached to an aromatic ring is 1. The third kappa shape index (κ3) is 9.89. The van der Waals surface area contributed by atoms with Gasteiger partial charge in [-0.3, -0.25) is 18.0 Å². The van der Waals surface area contributed by atoms with Crippen molar-refractivity contribution in [2.75, 3.05) is 19.5 Å². The first-order valence-corrected chi connectivity index (χ1v) is 12.6. The maximum absolute atomic E-state index is 11.7. The number of methoxy groups -OCH3 is 1. The van der Waals surface area contributed by atoms with Crippen molar-refractivity contribution in [3.63, 3.8) is 0 Å². The van der Waals surface area contributed by atoms with Crippen LogP contribution in [0.2, 0.25) is 0 Å². The van der Waals surface area contributed by atoms with E-state index in [4.69, 9.17) is 15.2 Å². The fourth-order valence-electron chi connectivity index (χ4n) is 2.88. The zero-order chi connectivity index (χ0) is 23.9. The predicted octanol–water partition coefficient (Wildman–Crippen LogP) is -15.5. The fraction of sp³-hybridized carbons (Fsp3) is 0.545. The molecule has 2 unspecified atom stereocenters. The quantitative estimate of drug-likeness (QED) is 0.218. The van der Waals surface area contributed by atoms with Gasteiger partial charge in [-0.15, -0.1) is 0 Å². The molecule has 3 heterocycles. The third-order valence-electron chi connectivity index (χ3n) is 4.04. The molecule has 6 atom stereocenters. The van der Waals surface area contributed by atoms with Crippen LogP contribution in [0.3, 0.4) is 0 Å². The second-order valence-corrected chi connectivity index (χ2v) is 10.4. The summed E-state index contributed by atoms with van der Waals surface area (Å²) in [6.07, 6.45) is -2.73. The van der Waals surface area contributed by atoms with E-state index in [9.17, 15) is 38.4 Å². The molecule has 0 amide bonds. The number of nitrogens with zero attached hydrogens (tertiary/aromatic N) is 4. The molecular weight excluding hydrogens is 531 g/mol. The standard InChI is InChI=1S/C11H18N5O13P3.4Li/c1-25-8-5(2-26-31(21,22)29-32(23,24)28-30(18,19)20)27-11(7(8)17)16-4-15-6-9(12)13-3-14-10(6)16;;;;/h3-5,7-8,11,17H,2H2,1H3,(H,21,22)(H,23,24)(H2,12,13,14)(H2,18,19,20);;;;/q;4*+1/p-4/t5-,7-,8-,11-;;;;/m1..../s1. The van der Waals surface area contributed by atoms with Crippen molar-refractivity contribution < 1.29 is 136 Å². The Kier molecular flexibility index (Phi) is 16.5. The maximum Gasteiger partial charge on any atom is 1.00 e. The number of fused-ring (bicyclic) bond motifs is 1. The minimum absolute atomic E-state index is 0. The fourth-order valence-corrected chi connectivity index (χ4v) is 5.74. The van der Waals surface area contributed by atoms with Gasteiger partial charge < -0.3 is 49.0 Å². The van der Waals surface area contributed by atoms with E-state index >= 15 is 0 Å². The first kappa shape index (κ1) is 39.2. The van der Waals surface area contributed by atoms with Crippen LogP contribution in [0.25, 0.3) is 11.2 Å². The Morgan fingerprint density at radius 1 is 1.06 bits per heavy atom. The SMILES string of the molecule is CO[C@H]1[C@@H](O)[C@H](n2cnc3c(N)ncnc32)O[C@@H]1COP(=O)([O-])OP(=O)([O-])OP(=O)([O-])[O-].[Li+].[Li+].[Li+].[Li+]. The van der Waals surface area contributed by atoms with Gasteiger partial charge in [0.25, 0.3) is 15.6 Å². The number of rotatable bonds is 9. The Morgan fingerprint density at radius 3 is 2.22 bits per heavy atom. The van der Waals surface area contributed by atoms with Gasteiger partial charge in [-0.2, -0.15) is 0 Å². The number of hydrogen-bond donors (Lipinski definition) is 2. The Morgan fingerprint density at radius 2 is 1.67 bits per heavy atom. The van der Waals surface area contributed by atoms with Gasteiger partial charge in [0.15, 0.2) is 17.7 Å². The van der Waals surface area contributed by atoms with Crippen LogP contribution >= 0.6 is 23.5 Å². The number of phosphoric acid groups is 3. The average Bonchev–Trinajstić information content (AvgIpc) is 3.18. The molecule has 3 N–H and O–H groups in total. The van der Waals surface area contributed by atoms with Crippen LogP contribution in [-0.2, 0) is 36.3 Å². The number of phosphoric ester groups is 1. The van der Waals surface area contributed by atoms with Crippen molar-refractivity contribution in [3.05, 3.63) is 12.7 Å². The van der Waals surface area contributed by atoms with Gasteiger partial charge in [0.1, 0.15) is 30.2 Å². The smallest absolute Gasteiger partial charge is 0.790 e. The maximum atomic E-state index is 11.7. The predicted molar refractivity (Wildman–Crippen MR) is 91.4 cm³/mol. The monoisotopic (exact) mass is 545 g/mol. The Hall–Kier alpha value is 1.03. The number of aliphatic hydroxyl groups is 1. The number of aliphatic hydroxyl groups excluding tert-OH is 1. The summed E-state index contributed by atoms with van der Waals surface area (Å²) in [7, 11) is -16.8. The summed E-state index contributed by atoms with van der Waals surface area (Å²) >= 11 is 0. The van der Waals surface area contributed by atoms with Crippen molar-refractivity contribution >= 4 is 40.4 Å². The van der Waals surface area contributed by atoms with Gasteiger partial charge >= 0.3 is 75.4 Å². The van der Waals surface area contributed by atoms with E-state index in [0.29, 0.717) is 0 Å². The number of aromatic nitrogens is 4. The van der Waals surface area contributed by atoms with Gasteiger partial charge in [0.05, 0.1) is 20.8 Å². The van der Waals surface area contributed by atoms with Crippen molar-refractivity contribution in [3.8, 4) is 0 Å². The van der Waals surface area contributed by atoms with Crippen LogP contribution in [0.15, 0.2) is 12.7 Å². The molecule has 0 saturated carbocycles. The second kappa shape index (κ2) is 15.1. The normalized spacial score (nSPS) is 24.8. The summed E-state index contributed by atoms with van der Waals surface area (Å²) in [5.41, 5.74) is 6.08. The molecule has 2 aromatic heterocycles. The number of anilines is 1. The molecule has 0 spiro atoms. The van der Waals surface area contributed by atoms with Crippen molar-refractivity contribution in [1.29, 1.82) is 0 Å². The summed E-state index contributed by atoms with van der Waals surface area (Å²) in [5.74, 6) is 0.0545. The van der Waals surface area contributed by atoms with Crippen molar-refractivity contribution in [1.82, 2.24) is 19.5 Å². The number of ether oxygens (including phenoxy) is 2. The summed E-state index contributed by atoms with van der Waals surface area (Å²) in [6.45, 7) is -0.941. The summed E-state index contributed by atoms with van der Waals surface area (Å²) in [4.78, 5) is 55.4. The van der Waals surface area contributed by atoms with Gasteiger partial charge in [0.2, 0.25) is 0 Å². The van der Waals surface area contributed by atoms with Crippen LogP contribution < -0.4 is 101 Å². The van der Waals surface area contributed by atoms with Crippen molar-refractivity contribution in [2.24, 2.45) is 0 Å². The molecule has 25 heteroatoms. The van der Waals surface area contributed by atoms with Crippen LogP contribution in [0.5, 0.6) is 0 Å². The van der Waals surface area contributed by atoms with E-state index < -0.39 is 54.6 Å². The van der Waals surface area contributed by atoms with Gasteiger partial charge in [0, 0.05) is 7.11 Å². The van der Waals surface area contributed by atoms with E-state index in [1.807, 2.05) is 0 Å². The zero-order valence-corrected chi connectivity index (χ0v) is 22.4. The van der Waals surface area contributed by atoms with E-state index in [-0.39, 0.29) is 92.4 Å². The molecule has 180 valence electrons. The minimum Gasteiger partial charge on any atom is -0.790 e. The molecule has 36 heavy (non-hydrogen) atoms. The molecule has 18 nitrogen and oxygen atoms in total. The van der Waals surface area contributed by atoms with Gasteiger partial charge in [-0.05, 0) is 0 Å². The van der Waals surface area contributed by atoms with Crippen LogP contribution in [0.1, 0.15) is 6.23 Å². The third-order valence-corrected chi connectivity index (χ3v) is 7.71. The number of hydrogen-bond acceptors (Lipinski definition) is 17. The second-order valence-electron chi connectivity index (χ2n) is 6.14. The van der Waals surface area contributed by atoms with Crippen LogP contribution in [0, 0.1) is 0 Å². The largest absolute Gasteiger partial charge is 1.00 e. The Bertz CT molecular complexity index is 1140. The first-order valence-electron chi connectivity index (χ1n) is 8.24. The van der Waals surface area contributed by atoms with E-state index in [2.05, 4.69) is 28.1 Å². The Labute approximate surface area is 251 Å². The molecule has 0 bridgehead atoms. The van der Waals surface area contributed by atoms with Gasteiger partial charge in [-0.25, -0.2) is 19.3 Å². The van der Waals surface area contributed by atoms with Crippen LogP contribution in [0.4, 0.5) is 5.82 Å². The molecule has 1 saturated heterocycles. The number of imidazole rings is 1. The van der Waals surface area contributed by atoms with Crippen molar-refractivity contribution in [2.45, 2.75) is 24.5 Å². The molecule has 2 aromatic rings. The summed E-state index contributed by atoms with van der Waals surface area (Å²) < 4.78 is 56.1. The molecule has 3 rings (SSSR count). The summed E-state index contributed by atoms with van der Waals surface area (Å²) in [5, 5.41) is 10.5. The zero-order valence-electron chi connectivity index (χ0n) is 19.7. The van der Waals surface area contributed by atoms with E-state index in [1.165, 1.54) is 18.0 Å². The molecule has 0 radical (unpaired) electrons. The molecule has 1 aliphatic heterocycles. The first-order chi connectivity index (χ1) is 14.7. The molecule has 1 aliphatic rings. The van der Waals surface area contributed by atoms with Gasteiger partial charge in [-0.1, -0.05) is 0 Å². The minimum atomic E-state index is -6.12. The molecule has 0 aromatic carbocycles. The molecule has 0 aliphatic carbocycles. The Balaban J connectivity index is 0. The van der Waals surface area contributed by atoms with E-state index in [0.717, 1.165) is 6.33 Å². The average molecular weight is 545 g/mol. The van der Waals surface area contributed by atoms with Crippen LogP contribution in [-0.4, -0.2) is 56.7 Å². The molecular formula is C11H14Li4N5O13P3. The number of nitrogens with two attached hydrogens (primary N) is 1. The molecule has 1 fully saturated rings. The van der Waals surface area contributed by atoms with E-state index in [1.54, 1.807) is 0 Å². The topological polar surface area (TPSA) is 279 Å². The summed E-state index contributed by atoms with van der Waals surface area (Å²) in [6, 6.07) is 0.